The Morgan fingerprint density at radius 3 is 2.74 bits per heavy atom. The molecule has 27 heavy (non-hydrogen) atoms. The fourth-order valence-electron chi connectivity index (χ4n) is 4.83. The minimum absolute atomic E-state index is 0.111. The molecule has 3 heterocycles. The number of carbonyl (C=O) groups excluding carboxylic acids is 1. The van der Waals surface area contributed by atoms with Crippen LogP contribution >= 0.6 is 0 Å². The molecule has 0 bridgehead atoms. The van der Waals surface area contributed by atoms with Gasteiger partial charge in [0.15, 0.2) is 0 Å². The van der Waals surface area contributed by atoms with E-state index in [0.717, 1.165) is 48.2 Å². The molecule has 5 nitrogen and oxygen atoms in total. The van der Waals surface area contributed by atoms with Gasteiger partial charge in [-0.25, -0.2) is 0 Å². The van der Waals surface area contributed by atoms with Crippen LogP contribution in [0.2, 0.25) is 0 Å². The van der Waals surface area contributed by atoms with Gasteiger partial charge < -0.3 is 4.90 Å². The predicted molar refractivity (Wildman–Crippen MR) is 106 cm³/mol. The van der Waals surface area contributed by atoms with Crippen LogP contribution in [0.15, 0.2) is 24.7 Å². The van der Waals surface area contributed by atoms with Gasteiger partial charge in [0.1, 0.15) is 0 Å². The van der Waals surface area contributed by atoms with E-state index in [1.54, 1.807) is 0 Å². The summed E-state index contributed by atoms with van der Waals surface area (Å²) in [7, 11) is 0. The molecule has 5 heteroatoms. The molecule has 2 aliphatic rings. The van der Waals surface area contributed by atoms with E-state index >= 15 is 0 Å². The first-order valence-corrected chi connectivity index (χ1v) is 10.5. The van der Waals surface area contributed by atoms with E-state index in [2.05, 4.69) is 27.0 Å². The number of hydrogen-bond acceptors (Lipinski definition) is 3. The van der Waals surface area contributed by atoms with E-state index < -0.39 is 0 Å². The van der Waals surface area contributed by atoms with Crippen LogP contribution in [0.25, 0.3) is 11.1 Å². The molecular formula is C22H30N4O. The SMILES string of the molecule is Cc1cnccc1-c1cn[nH]c1[C@@H]1CCCCN1C(=O)CC1CCCCC1. The first kappa shape index (κ1) is 18.2. The second kappa shape index (κ2) is 8.24. The molecule has 4 rings (SSSR count). The number of aromatic amines is 1. The maximum atomic E-state index is 13.2. The summed E-state index contributed by atoms with van der Waals surface area (Å²) in [5.74, 6) is 0.913. The second-order valence-electron chi connectivity index (χ2n) is 8.19. The van der Waals surface area contributed by atoms with Crippen molar-refractivity contribution < 1.29 is 4.79 Å². The molecule has 0 aromatic carbocycles. The zero-order valence-corrected chi connectivity index (χ0v) is 16.3. The Morgan fingerprint density at radius 1 is 1.11 bits per heavy atom. The van der Waals surface area contributed by atoms with Crippen LogP contribution in [-0.2, 0) is 4.79 Å². The lowest BCUT2D eigenvalue weighted by molar-refractivity contribution is -0.136. The number of aromatic nitrogens is 3. The molecule has 2 aromatic rings. The molecular weight excluding hydrogens is 336 g/mol. The predicted octanol–water partition coefficient (Wildman–Crippen LogP) is 4.80. The van der Waals surface area contributed by atoms with Crippen molar-refractivity contribution in [3.05, 3.63) is 35.9 Å². The standard InChI is InChI=1S/C22H30N4O/c1-16-14-23-11-10-18(16)19-15-24-25-22(19)20-9-5-6-12-26(20)21(27)13-17-7-3-2-4-8-17/h10-11,14-15,17,20H,2-9,12-13H2,1H3,(H,24,25)/t20-/m0/s1. The van der Waals surface area contributed by atoms with Crippen molar-refractivity contribution in [2.24, 2.45) is 5.92 Å². The summed E-state index contributed by atoms with van der Waals surface area (Å²) in [5, 5.41) is 7.57. The molecule has 1 atom stereocenters. The molecule has 2 fully saturated rings. The highest BCUT2D eigenvalue weighted by molar-refractivity contribution is 5.78. The highest BCUT2D eigenvalue weighted by Crippen LogP contribution is 2.37. The van der Waals surface area contributed by atoms with Gasteiger partial charge in [-0.05, 0) is 62.1 Å². The second-order valence-corrected chi connectivity index (χ2v) is 8.19. The van der Waals surface area contributed by atoms with E-state index in [0.29, 0.717) is 18.2 Å². The highest BCUT2D eigenvalue weighted by Gasteiger charge is 2.32. The summed E-state index contributed by atoms with van der Waals surface area (Å²) in [4.78, 5) is 19.5. The smallest absolute Gasteiger partial charge is 0.223 e. The molecule has 1 aliphatic heterocycles. The van der Waals surface area contributed by atoms with E-state index in [9.17, 15) is 4.79 Å². The van der Waals surface area contributed by atoms with Crippen molar-refractivity contribution in [2.75, 3.05) is 6.54 Å². The molecule has 1 saturated carbocycles. The van der Waals surface area contributed by atoms with Crippen LogP contribution < -0.4 is 0 Å². The van der Waals surface area contributed by atoms with E-state index in [1.807, 2.05) is 24.7 Å². The van der Waals surface area contributed by atoms with Gasteiger partial charge in [-0.2, -0.15) is 5.10 Å². The van der Waals surface area contributed by atoms with Crippen molar-refractivity contribution in [3.63, 3.8) is 0 Å². The zero-order chi connectivity index (χ0) is 18.6. The molecule has 2 aromatic heterocycles. The third-order valence-corrected chi connectivity index (χ3v) is 6.32. The summed E-state index contributed by atoms with van der Waals surface area (Å²) in [6, 6.07) is 2.15. The number of carbonyl (C=O) groups is 1. The Bertz CT molecular complexity index is 778. The maximum absolute atomic E-state index is 13.2. The highest BCUT2D eigenvalue weighted by atomic mass is 16.2. The third kappa shape index (κ3) is 3.92. The van der Waals surface area contributed by atoms with Crippen LogP contribution in [0.5, 0.6) is 0 Å². The molecule has 0 unspecified atom stereocenters. The summed E-state index contributed by atoms with van der Waals surface area (Å²) in [6.07, 6.45) is 15.9. The van der Waals surface area contributed by atoms with Crippen molar-refractivity contribution >= 4 is 5.91 Å². The summed E-state index contributed by atoms with van der Waals surface area (Å²) >= 11 is 0. The number of piperidine rings is 1. The Kier molecular flexibility index (Phi) is 5.55. The van der Waals surface area contributed by atoms with Crippen molar-refractivity contribution in [1.29, 1.82) is 0 Å². The van der Waals surface area contributed by atoms with Crippen molar-refractivity contribution in [3.8, 4) is 11.1 Å². The van der Waals surface area contributed by atoms with Gasteiger partial charge in [0.2, 0.25) is 5.91 Å². The number of aryl methyl sites for hydroxylation is 1. The molecule has 0 radical (unpaired) electrons. The van der Waals surface area contributed by atoms with Crippen LogP contribution in [0.3, 0.4) is 0 Å². The number of nitrogens with one attached hydrogen (secondary N) is 1. The molecule has 0 spiro atoms. The molecule has 1 aliphatic carbocycles. The number of nitrogens with zero attached hydrogens (tertiary/aromatic N) is 3. The van der Waals surface area contributed by atoms with Crippen molar-refractivity contribution in [2.45, 2.75) is 70.8 Å². The van der Waals surface area contributed by atoms with E-state index in [-0.39, 0.29) is 6.04 Å². The average molecular weight is 367 g/mol. The van der Waals surface area contributed by atoms with Crippen LogP contribution in [0.1, 0.15) is 75.1 Å². The molecule has 1 amide bonds. The first-order chi connectivity index (χ1) is 13.2. The van der Waals surface area contributed by atoms with Gasteiger partial charge in [-0.1, -0.05) is 19.3 Å². The Balaban J connectivity index is 1.57. The largest absolute Gasteiger partial charge is 0.334 e. The van der Waals surface area contributed by atoms with E-state index in [4.69, 9.17) is 0 Å². The number of pyridine rings is 1. The maximum Gasteiger partial charge on any atom is 0.223 e. The van der Waals surface area contributed by atoms with Gasteiger partial charge in [0.05, 0.1) is 17.9 Å². The lowest BCUT2D eigenvalue weighted by Gasteiger charge is -2.37. The van der Waals surface area contributed by atoms with Gasteiger partial charge in [-0.3, -0.25) is 14.9 Å². The Labute approximate surface area is 161 Å². The van der Waals surface area contributed by atoms with Gasteiger partial charge in [-0.15, -0.1) is 0 Å². The van der Waals surface area contributed by atoms with Gasteiger partial charge in [0, 0.05) is 30.9 Å². The lowest BCUT2D eigenvalue weighted by Crippen LogP contribution is -2.39. The average Bonchev–Trinajstić information content (AvgIpc) is 3.18. The zero-order valence-electron chi connectivity index (χ0n) is 16.3. The monoisotopic (exact) mass is 366 g/mol. The van der Waals surface area contributed by atoms with Gasteiger partial charge >= 0.3 is 0 Å². The first-order valence-electron chi connectivity index (χ1n) is 10.5. The molecule has 1 N–H and O–H groups in total. The Hall–Kier alpha value is -2.17. The minimum atomic E-state index is 0.111. The fraction of sp³-hybridized carbons (Fsp3) is 0.591. The molecule has 1 saturated heterocycles. The quantitative estimate of drug-likeness (QED) is 0.845. The molecule has 144 valence electrons. The van der Waals surface area contributed by atoms with Crippen LogP contribution in [0.4, 0.5) is 0 Å². The summed E-state index contributed by atoms with van der Waals surface area (Å²) in [6.45, 7) is 2.94. The van der Waals surface area contributed by atoms with Gasteiger partial charge in [0.25, 0.3) is 0 Å². The number of H-pyrrole nitrogens is 1. The topological polar surface area (TPSA) is 61.9 Å². The summed E-state index contributed by atoms with van der Waals surface area (Å²) < 4.78 is 0. The number of rotatable bonds is 4. The van der Waals surface area contributed by atoms with Crippen LogP contribution in [-0.4, -0.2) is 32.5 Å². The fourth-order valence-corrected chi connectivity index (χ4v) is 4.83. The normalized spacial score (nSPS) is 21.4. The number of likely N-dealkylation sites (tertiary alicyclic amines) is 1. The van der Waals surface area contributed by atoms with E-state index in [1.165, 1.54) is 32.1 Å². The number of hydrogen-bond donors (Lipinski definition) is 1. The summed E-state index contributed by atoms with van der Waals surface area (Å²) in [5.41, 5.74) is 4.48. The van der Waals surface area contributed by atoms with Crippen molar-refractivity contribution in [1.82, 2.24) is 20.1 Å². The Morgan fingerprint density at radius 2 is 1.93 bits per heavy atom. The lowest BCUT2D eigenvalue weighted by atomic mass is 9.86. The van der Waals surface area contributed by atoms with Crippen LogP contribution in [0, 0.1) is 12.8 Å². The minimum Gasteiger partial charge on any atom is -0.334 e. The third-order valence-electron chi connectivity index (χ3n) is 6.32. The number of amides is 1.